The van der Waals surface area contributed by atoms with Gasteiger partial charge in [-0.25, -0.2) is 0 Å². The summed E-state index contributed by atoms with van der Waals surface area (Å²) in [4.78, 5) is 1.06. The predicted molar refractivity (Wildman–Crippen MR) is 90.9 cm³/mol. The SMILES string of the molecule is Cc1c(C)c2c(c(C)c1O)CC[C@@](C)(C#Cc1cccs1)O2. The van der Waals surface area contributed by atoms with Gasteiger partial charge in [0.15, 0.2) is 5.60 Å². The maximum atomic E-state index is 10.2. The first-order valence-corrected chi connectivity index (χ1v) is 8.36. The van der Waals surface area contributed by atoms with Gasteiger partial charge in [-0.15, -0.1) is 11.3 Å². The minimum absolute atomic E-state index is 0.396. The first-order valence-electron chi connectivity index (χ1n) is 7.48. The number of rotatable bonds is 0. The molecule has 1 N–H and O–H groups in total. The Bertz CT molecular complexity index is 778. The largest absolute Gasteiger partial charge is 0.507 e. The molecule has 0 fully saturated rings. The van der Waals surface area contributed by atoms with Crippen molar-refractivity contribution in [2.75, 3.05) is 0 Å². The number of hydrogen-bond donors (Lipinski definition) is 1. The topological polar surface area (TPSA) is 29.5 Å². The zero-order chi connectivity index (χ0) is 15.9. The zero-order valence-electron chi connectivity index (χ0n) is 13.4. The summed E-state index contributed by atoms with van der Waals surface area (Å²) in [6.45, 7) is 7.95. The van der Waals surface area contributed by atoms with Crippen LogP contribution in [-0.2, 0) is 6.42 Å². The molecule has 1 atom stereocenters. The molecule has 114 valence electrons. The summed E-state index contributed by atoms with van der Waals surface area (Å²) in [6.07, 6.45) is 1.71. The van der Waals surface area contributed by atoms with Crippen LogP contribution in [-0.4, -0.2) is 10.7 Å². The summed E-state index contributed by atoms with van der Waals surface area (Å²) < 4.78 is 6.29. The van der Waals surface area contributed by atoms with E-state index in [4.69, 9.17) is 4.74 Å². The first kappa shape index (κ1) is 15.0. The number of aromatic hydroxyl groups is 1. The minimum Gasteiger partial charge on any atom is -0.507 e. The van der Waals surface area contributed by atoms with E-state index in [0.717, 1.165) is 45.7 Å². The monoisotopic (exact) mass is 312 g/mol. The Balaban J connectivity index is 2.00. The van der Waals surface area contributed by atoms with E-state index in [2.05, 4.69) is 11.8 Å². The van der Waals surface area contributed by atoms with Gasteiger partial charge in [-0.05, 0) is 68.2 Å². The van der Waals surface area contributed by atoms with Crippen molar-refractivity contribution in [3.63, 3.8) is 0 Å². The summed E-state index contributed by atoms with van der Waals surface area (Å²) in [6, 6.07) is 4.03. The first-order chi connectivity index (χ1) is 10.4. The van der Waals surface area contributed by atoms with E-state index in [-0.39, 0.29) is 0 Å². The third-order valence-corrected chi connectivity index (χ3v) is 5.28. The summed E-state index contributed by atoms with van der Waals surface area (Å²) in [5.74, 6) is 7.82. The second kappa shape index (κ2) is 5.37. The molecule has 1 aliphatic rings. The van der Waals surface area contributed by atoms with E-state index in [9.17, 15) is 5.11 Å². The molecule has 1 aliphatic heterocycles. The highest BCUT2D eigenvalue weighted by atomic mass is 32.1. The molecule has 2 nitrogen and oxygen atoms in total. The van der Waals surface area contributed by atoms with Crippen molar-refractivity contribution in [2.45, 2.75) is 46.1 Å². The normalized spacial score (nSPS) is 19.8. The number of ether oxygens (including phenoxy) is 1. The average Bonchev–Trinajstić information content (AvgIpc) is 3.02. The predicted octanol–water partition coefficient (Wildman–Crippen LogP) is 4.51. The molecule has 22 heavy (non-hydrogen) atoms. The maximum absolute atomic E-state index is 10.2. The maximum Gasteiger partial charge on any atom is 0.167 e. The number of phenolic OH excluding ortho intramolecular Hbond substituents is 1. The highest BCUT2D eigenvalue weighted by Crippen LogP contribution is 2.43. The van der Waals surface area contributed by atoms with Gasteiger partial charge >= 0.3 is 0 Å². The molecule has 3 heteroatoms. The molecule has 1 aromatic carbocycles. The van der Waals surface area contributed by atoms with E-state index >= 15 is 0 Å². The summed E-state index contributed by atoms with van der Waals surface area (Å²) in [5.41, 5.74) is 3.49. The van der Waals surface area contributed by atoms with Gasteiger partial charge in [0.1, 0.15) is 11.5 Å². The fourth-order valence-electron chi connectivity index (χ4n) is 2.88. The molecule has 0 radical (unpaired) electrons. The molecule has 0 bridgehead atoms. The lowest BCUT2D eigenvalue weighted by molar-refractivity contribution is 0.122. The zero-order valence-corrected chi connectivity index (χ0v) is 14.2. The molecule has 0 amide bonds. The second-order valence-electron chi connectivity index (χ2n) is 6.09. The van der Waals surface area contributed by atoms with E-state index in [0.29, 0.717) is 5.75 Å². The van der Waals surface area contributed by atoms with Crippen LogP contribution in [0.2, 0.25) is 0 Å². The number of phenols is 1. The van der Waals surface area contributed by atoms with Gasteiger partial charge in [0.2, 0.25) is 0 Å². The van der Waals surface area contributed by atoms with Crippen LogP contribution in [0, 0.1) is 32.6 Å². The molecule has 0 aliphatic carbocycles. The van der Waals surface area contributed by atoms with Crippen molar-refractivity contribution in [3.8, 4) is 23.3 Å². The molecule has 3 rings (SSSR count). The van der Waals surface area contributed by atoms with Crippen LogP contribution < -0.4 is 4.74 Å². The molecule has 2 aromatic rings. The molecular formula is C19H20O2S. The standard InChI is InChI=1S/C19H20O2S/c1-12-13(2)18-16(14(3)17(12)20)8-10-19(4,21-18)9-7-15-6-5-11-22-15/h5-6,11,20H,8,10H2,1-4H3/t19-/m1/s1. The number of thiophene rings is 1. The molecule has 0 unspecified atom stereocenters. The molecule has 0 spiro atoms. The van der Waals surface area contributed by atoms with Crippen LogP contribution in [0.25, 0.3) is 0 Å². The average molecular weight is 312 g/mol. The van der Waals surface area contributed by atoms with Gasteiger partial charge in [0.05, 0.1) is 4.88 Å². The Kier molecular flexibility index (Phi) is 3.66. The lowest BCUT2D eigenvalue weighted by Gasteiger charge is -2.34. The smallest absolute Gasteiger partial charge is 0.167 e. The van der Waals surface area contributed by atoms with Crippen molar-refractivity contribution in [1.82, 2.24) is 0 Å². The Morgan fingerprint density at radius 3 is 2.68 bits per heavy atom. The highest BCUT2D eigenvalue weighted by molar-refractivity contribution is 7.10. The van der Waals surface area contributed by atoms with Crippen molar-refractivity contribution >= 4 is 11.3 Å². The Morgan fingerprint density at radius 1 is 1.23 bits per heavy atom. The van der Waals surface area contributed by atoms with Crippen molar-refractivity contribution in [1.29, 1.82) is 0 Å². The van der Waals surface area contributed by atoms with E-state index in [1.807, 2.05) is 45.2 Å². The number of fused-ring (bicyclic) bond motifs is 1. The lowest BCUT2D eigenvalue weighted by Crippen LogP contribution is -2.35. The number of hydrogen-bond acceptors (Lipinski definition) is 3. The van der Waals surface area contributed by atoms with Gasteiger partial charge in [-0.3, -0.25) is 0 Å². The van der Waals surface area contributed by atoms with Crippen LogP contribution in [0.5, 0.6) is 11.5 Å². The van der Waals surface area contributed by atoms with E-state index in [1.54, 1.807) is 11.3 Å². The Labute approximate surface area is 135 Å². The Morgan fingerprint density at radius 2 is 2.00 bits per heavy atom. The minimum atomic E-state index is -0.475. The summed E-state index contributed by atoms with van der Waals surface area (Å²) >= 11 is 1.64. The van der Waals surface area contributed by atoms with E-state index < -0.39 is 5.60 Å². The van der Waals surface area contributed by atoms with E-state index in [1.165, 1.54) is 0 Å². The highest BCUT2D eigenvalue weighted by Gasteiger charge is 2.33. The van der Waals surface area contributed by atoms with Crippen molar-refractivity contribution in [3.05, 3.63) is 44.6 Å². The molecule has 0 saturated carbocycles. The summed E-state index contributed by atoms with van der Waals surface area (Å²) in [7, 11) is 0. The number of benzene rings is 1. The van der Waals surface area contributed by atoms with Crippen LogP contribution in [0.15, 0.2) is 17.5 Å². The fraction of sp³-hybridized carbons (Fsp3) is 0.368. The van der Waals surface area contributed by atoms with Gasteiger partial charge in [-0.1, -0.05) is 12.0 Å². The van der Waals surface area contributed by atoms with Crippen LogP contribution >= 0.6 is 11.3 Å². The Hall–Kier alpha value is -1.92. The molecular weight excluding hydrogens is 292 g/mol. The van der Waals surface area contributed by atoms with Crippen molar-refractivity contribution < 1.29 is 9.84 Å². The van der Waals surface area contributed by atoms with Gasteiger partial charge in [0, 0.05) is 12.0 Å². The van der Waals surface area contributed by atoms with Gasteiger partial charge in [0.25, 0.3) is 0 Å². The molecule has 2 heterocycles. The second-order valence-corrected chi connectivity index (χ2v) is 7.04. The van der Waals surface area contributed by atoms with Crippen LogP contribution in [0.3, 0.4) is 0 Å². The van der Waals surface area contributed by atoms with Crippen molar-refractivity contribution in [2.24, 2.45) is 0 Å². The van der Waals surface area contributed by atoms with Crippen LogP contribution in [0.1, 0.15) is 40.5 Å². The molecule has 0 saturated heterocycles. The van der Waals surface area contributed by atoms with Crippen LogP contribution in [0.4, 0.5) is 0 Å². The van der Waals surface area contributed by atoms with Gasteiger partial charge < -0.3 is 9.84 Å². The lowest BCUT2D eigenvalue weighted by atomic mass is 9.87. The summed E-state index contributed by atoms with van der Waals surface area (Å²) in [5, 5.41) is 12.3. The fourth-order valence-corrected chi connectivity index (χ4v) is 3.45. The quantitative estimate of drug-likeness (QED) is 0.725. The molecule has 1 aromatic heterocycles. The third kappa shape index (κ3) is 2.48. The van der Waals surface area contributed by atoms with Gasteiger partial charge in [-0.2, -0.15) is 0 Å². The third-order valence-electron chi connectivity index (χ3n) is 4.49.